The monoisotopic (exact) mass is 224 g/mol. The van der Waals surface area contributed by atoms with Crippen molar-refractivity contribution in [3.05, 3.63) is 0 Å². The van der Waals surface area contributed by atoms with Crippen molar-refractivity contribution in [1.82, 2.24) is 10.6 Å². The molecule has 1 atom stereocenters. The highest BCUT2D eigenvalue weighted by Gasteiger charge is 2.23. The van der Waals surface area contributed by atoms with Gasteiger partial charge >= 0.3 is 0 Å². The van der Waals surface area contributed by atoms with Crippen molar-refractivity contribution in [1.29, 1.82) is 0 Å². The Balaban J connectivity index is 1.64. The molecule has 2 N–H and O–H groups in total. The minimum Gasteiger partial charge on any atom is -0.315 e. The summed E-state index contributed by atoms with van der Waals surface area (Å²) in [5.74, 6) is 1.03. The second kappa shape index (κ2) is 6.61. The van der Waals surface area contributed by atoms with Gasteiger partial charge in [0.25, 0.3) is 0 Å². The zero-order valence-electron chi connectivity index (χ0n) is 10.8. The zero-order valence-corrected chi connectivity index (χ0v) is 10.8. The molecule has 1 heterocycles. The molecule has 2 rings (SSSR count). The Labute approximate surface area is 101 Å². The largest absolute Gasteiger partial charge is 0.315 e. The molecule has 0 bridgehead atoms. The van der Waals surface area contributed by atoms with Crippen LogP contribution in [0.5, 0.6) is 0 Å². The van der Waals surface area contributed by atoms with Gasteiger partial charge in [0.15, 0.2) is 0 Å². The van der Waals surface area contributed by atoms with E-state index in [0.717, 1.165) is 18.0 Å². The van der Waals surface area contributed by atoms with Crippen LogP contribution in [0.25, 0.3) is 0 Å². The first-order valence-corrected chi connectivity index (χ1v) is 7.35. The number of piperidine rings is 1. The van der Waals surface area contributed by atoms with E-state index in [-0.39, 0.29) is 0 Å². The molecular formula is C14H28N2. The summed E-state index contributed by atoms with van der Waals surface area (Å²) in [5.41, 5.74) is 0. The van der Waals surface area contributed by atoms with Crippen LogP contribution < -0.4 is 10.6 Å². The van der Waals surface area contributed by atoms with Crippen LogP contribution in [-0.2, 0) is 0 Å². The standard InChI is InChI=1S/C14H28N2/c1-2-4-12-6-8-13(9-7-12)16-14-5-3-10-15-11-14/h12-16H,2-11H2,1H3. The highest BCUT2D eigenvalue weighted by molar-refractivity contribution is 4.83. The molecule has 2 heteroatoms. The lowest BCUT2D eigenvalue weighted by molar-refractivity contribution is 0.248. The number of hydrogen-bond acceptors (Lipinski definition) is 2. The Hall–Kier alpha value is -0.0800. The van der Waals surface area contributed by atoms with Gasteiger partial charge in [-0.25, -0.2) is 0 Å². The van der Waals surface area contributed by atoms with Gasteiger partial charge in [0.05, 0.1) is 0 Å². The molecule has 1 unspecified atom stereocenters. The summed E-state index contributed by atoms with van der Waals surface area (Å²) in [6, 6.07) is 1.57. The van der Waals surface area contributed by atoms with Crippen molar-refractivity contribution >= 4 is 0 Å². The van der Waals surface area contributed by atoms with Gasteiger partial charge in [-0.3, -0.25) is 0 Å². The number of rotatable bonds is 4. The fourth-order valence-corrected chi connectivity index (χ4v) is 3.35. The molecule has 1 saturated carbocycles. The van der Waals surface area contributed by atoms with E-state index in [1.165, 1.54) is 64.5 Å². The summed E-state index contributed by atoms with van der Waals surface area (Å²) in [4.78, 5) is 0. The predicted octanol–water partition coefficient (Wildman–Crippen LogP) is 2.69. The first-order valence-electron chi connectivity index (χ1n) is 7.35. The molecule has 0 aromatic carbocycles. The van der Waals surface area contributed by atoms with Gasteiger partial charge in [0, 0.05) is 18.6 Å². The lowest BCUT2D eigenvalue weighted by atomic mass is 9.83. The van der Waals surface area contributed by atoms with E-state index < -0.39 is 0 Å². The Bertz CT molecular complexity index is 179. The van der Waals surface area contributed by atoms with Crippen LogP contribution in [0.2, 0.25) is 0 Å². The average molecular weight is 224 g/mol. The summed E-state index contributed by atoms with van der Waals surface area (Å²) in [7, 11) is 0. The Morgan fingerprint density at radius 1 is 1.06 bits per heavy atom. The molecule has 94 valence electrons. The second-order valence-electron chi connectivity index (χ2n) is 5.72. The maximum absolute atomic E-state index is 3.86. The fourth-order valence-electron chi connectivity index (χ4n) is 3.35. The van der Waals surface area contributed by atoms with Crippen molar-refractivity contribution in [2.45, 2.75) is 70.4 Å². The van der Waals surface area contributed by atoms with E-state index in [4.69, 9.17) is 0 Å². The summed E-state index contributed by atoms with van der Waals surface area (Å²) in [5, 5.41) is 7.35. The van der Waals surface area contributed by atoms with Gasteiger partial charge in [-0.15, -0.1) is 0 Å². The molecule has 1 aliphatic carbocycles. The van der Waals surface area contributed by atoms with E-state index in [2.05, 4.69) is 17.6 Å². The van der Waals surface area contributed by atoms with Gasteiger partial charge in [0.2, 0.25) is 0 Å². The minimum atomic E-state index is 0.751. The number of hydrogen-bond donors (Lipinski definition) is 2. The smallest absolute Gasteiger partial charge is 0.0195 e. The molecule has 0 aromatic heterocycles. The quantitative estimate of drug-likeness (QED) is 0.767. The molecule has 1 saturated heterocycles. The van der Waals surface area contributed by atoms with Gasteiger partial charge in [-0.2, -0.15) is 0 Å². The van der Waals surface area contributed by atoms with E-state index in [1.807, 2.05) is 0 Å². The van der Waals surface area contributed by atoms with Crippen LogP contribution in [0.3, 0.4) is 0 Å². The Morgan fingerprint density at radius 3 is 2.50 bits per heavy atom. The lowest BCUT2D eigenvalue weighted by Crippen LogP contribution is -2.48. The second-order valence-corrected chi connectivity index (χ2v) is 5.72. The van der Waals surface area contributed by atoms with Crippen LogP contribution >= 0.6 is 0 Å². The SMILES string of the molecule is CCCC1CCC(NC2CCCNC2)CC1. The third-order valence-electron chi connectivity index (χ3n) is 4.31. The fraction of sp³-hybridized carbons (Fsp3) is 1.00. The predicted molar refractivity (Wildman–Crippen MR) is 69.7 cm³/mol. The molecule has 1 aliphatic heterocycles. The van der Waals surface area contributed by atoms with Crippen LogP contribution in [0, 0.1) is 5.92 Å². The highest BCUT2D eigenvalue weighted by Crippen LogP contribution is 2.28. The molecular weight excluding hydrogens is 196 g/mol. The van der Waals surface area contributed by atoms with E-state index in [1.54, 1.807) is 0 Å². The normalized spacial score (nSPS) is 36.2. The molecule has 0 aromatic rings. The van der Waals surface area contributed by atoms with Crippen LogP contribution in [0.4, 0.5) is 0 Å². The van der Waals surface area contributed by atoms with Gasteiger partial charge in [-0.1, -0.05) is 19.8 Å². The maximum atomic E-state index is 3.86. The van der Waals surface area contributed by atoms with Gasteiger partial charge < -0.3 is 10.6 Å². The topological polar surface area (TPSA) is 24.1 Å². The molecule has 0 radical (unpaired) electrons. The van der Waals surface area contributed by atoms with Crippen LogP contribution in [0.15, 0.2) is 0 Å². The van der Waals surface area contributed by atoms with Gasteiger partial charge in [-0.05, 0) is 51.0 Å². The van der Waals surface area contributed by atoms with E-state index >= 15 is 0 Å². The number of nitrogens with one attached hydrogen (secondary N) is 2. The highest BCUT2D eigenvalue weighted by atomic mass is 15.0. The molecule has 0 amide bonds. The first kappa shape index (κ1) is 12.4. The summed E-state index contributed by atoms with van der Waals surface area (Å²) < 4.78 is 0. The molecule has 16 heavy (non-hydrogen) atoms. The lowest BCUT2D eigenvalue weighted by Gasteiger charge is -2.33. The third kappa shape index (κ3) is 3.74. The van der Waals surface area contributed by atoms with E-state index in [9.17, 15) is 0 Å². The zero-order chi connectivity index (χ0) is 11.2. The first-order chi connectivity index (χ1) is 7.88. The van der Waals surface area contributed by atoms with Crippen molar-refractivity contribution in [2.24, 2.45) is 5.92 Å². The van der Waals surface area contributed by atoms with Crippen molar-refractivity contribution in [2.75, 3.05) is 13.1 Å². The molecule has 2 nitrogen and oxygen atoms in total. The van der Waals surface area contributed by atoms with Crippen molar-refractivity contribution in [3.63, 3.8) is 0 Å². The Kier molecular flexibility index (Phi) is 5.11. The average Bonchev–Trinajstić information content (AvgIpc) is 2.33. The van der Waals surface area contributed by atoms with E-state index in [0.29, 0.717) is 0 Å². The van der Waals surface area contributed by atoms with Gasteiger partial charge in [0.1, 0.15) is 0 Å². The maximum Gasteiger partial charge on any atom is 0.0195 e. The van der Waals surface area contributed by atoms with Crippen LogP contribution in [-0.4, -0.2) is 25.2 Å². The minimum absolute atomic E-state index is 0.751. The molecule has 0 spiro atoms. The Morgan fingerprint density at radius 2 is 1.88 bits per heavy atom. The van der Waals surface area contributed by atoms with Crippen molar-refractivity contribution in [3.8, 4) is 0 Å². The van der Waals surface area contributed by atoms with Crippen LogP contribution in [0.1, 0.15) is 58.3 Å². The summed E-state index contributed by atoms with van der Waals surface area (Å²) in [6.45, 7) is 4.73. The molecule has 2 aliphatic rings. The summed E-state index contributed by atoms with van der Waals surface area (Å²) >= 11 is 0. The third-order valence-corrected chi connectivity index (χ3v) is 4.31. The summed E-state index contributed by atoms with van der Waals surface area (Å²) in [6.07, 6.45) is 11.3. The van der Waals surface area contributed by atoms with Crippen molar-refractivity contribution < 1.29 is 0 Å². The molecule has 2 fully saturated rings.